The van der Waals surface area contributed by atoms with Crippen LogP contribution in [0.25, 0.3) is 6.08 Å². The minimum atomic E-state index is -4.76. The highest BCUT2D eigenvalue weighted by atomic mass is 19.4. The van der Waals surface area contributed by atoms with Gasteiger partial charge in [0.15, 0.2) is 0 Å². The summed E-state index contributed by atoms with van der Waals surface area (Å²) in [4.78, 5) is 15.8. The van der Waals surface area contributed by atoms with Crippen molar-refractivity contribution in [3.63, 3.8) is 0 Å². The van der Waals surface area contributed by atoms with Gasteiger partial charge in [-0.05, 0) is 72.9 Å². The standard InChI is InChI=1S/C30H35F3N2O/c1-20(2)19-35-16-15-29-14-7-6-12-23(29)26(35)18-22-11-8-13-25(27(22)29)34-28(36)24(30(31,32)33)17-21-9-4-3-5-10-21/h3-5,8-11,13,17,20,23,26H,6-7,12,14-16,18-19H2,1-2H3,(H,34,36)/t23-,26+,29+/m0/s1. The number of hydrogen-bond donors (Lipinski definition) is 1. The van der Waals surface area contributed by atoms with E-state index in [0.29, 0.717) is 29.1 Å². The zero-order valence-corrected chi connectivity index (χ0v) is 21.1. The van der Waals surface area contributed by atoms with Crippen LogP contribution in [0.4, 0.5) is 18.9 Å². The largest absolute Gasteiger partial charge is 0.421 e. The van der Waals surface area contributed by atoms with E-state index in [-0.39, 0.29) is 5.41 Å². The Morgan fingerprint density at radius 2 is 1.89 bits per heavy atom. The van der Waals surface area contributed by atoms with Crippen molar-refractivity contribution in [1.82, 2.24) is 4.90 Å². The molecule has 3 aliphatic rings. The molecule has 2 aliphatic carbocycles. The third-order valence-corrected chi connectivity index (χ3v) is 8.46. The van der Waals surface area contributed by atoms with Crippen molar-refractivity contribution in [2.24, 2.45) is 11.8 Å². The highest BCUT2D eigenvalue weighted by molar-refractivity contribution is 6.08. The van der Waals surface area contributed by atoms with Crippen molar-refractivity contribution in [3.8, 4) is 0 Å². The molecule has 0 unspecified atom stereocenters. The van der Waals surface area contributed by atoms with Crippen molar-refractivity contribution in [1.29, 1.82) is 0 Å². The van der Waals surface area contributed by atoms with Crippen LogP contribution < -0.4 is 5.32 Å². The van der Waals surface area contributed by atoms with E-state index < -0.39 is 17.7 Å². The summed E-state index contributed by atoms with van der Waals surface area (Å²) in [5, 5.41) is 2.73. The van der Waals surface area contributed by atoms with E-state index in [2.05, 4.69) is 30.1 Å². The van der Waals surface area contributed by atoms with Crippen LogP contribution in [0.5, 0.6) is 0 Å². The molecule has 2 fully saturated rings. The average molecular weight is 497 g/mol. The predicted octanol–water partition coefficient (Wildman–Crippen LogP) is 6.99. The highest BCUT2D eigenvalue weighted by Crippen LogP contribution is 2.57. The number of alkyl halides is 3. The van der Waals surface area contributed by atoms with Gasteiger partial charge in [0, 0.05) is 23.7 Å². The van der Waals surface area contributed by atoms with Gasteiger partial charge in [-0.1, -0.05) is 69.2 Å². The lowest BCUT2D eigenvalue weighted by atomic mass is 9.52. The van der Waals surface area contributed by atoms with Gasteiger partial charge in [-0.2, -0.15) is 13.2 Å². The number of likely N-dealkylation sites (tertiary alicyclic amines) is 1. The van der Waals surface area contributed by atoms with Crippen molar-refractivity contribution in [3.05, 3.63) is 70.8 Å². The number of fused-ring (bicyclic) bond motifs is 1. The number of benzene rings is 2. The van der Waals surface area contributed by atoms with E-state index in [1.165, 1.54) is 12.0 Å². The molecule has 1 aliphatic heterocycles. The average Bonchev–Trinajstić information content (AvgIpc) is 2.84. The summed E-state index contributed by atoms with van der Waals surface area (Å²) >= 11 is 0. The van der Waals surface area contributed by atoms with Gasteiger partial charge in [-0.15, -0.1) is 0 Å². The van der Waals surface area contributed by atoms with E-state index in [1.807, 2.05) is 6.07 Å². The third kappa shape index (κ3) is 4.60. The van der Waals surface area contributed by atoms with Gasteiger partial charge in [0.2, 0.25) is 0 Å². The lowest BCUT2D eigenvalue weighted by Gasteiger charge is -2.59. The molecule has 0 aromatic heterocycles. The van der Waals surface area contributed by atoms with E-state index in [1.54, 1.807) is 36.4 Å². The second kappa shape index (κ2) is 9.70. The Morgan fingerprint density at radius 3 is 2.61 bits per heavy atom. The van der Waals surface area contributed by atoms with Gasteiger partial charge in [-0.25, -0.2) is 0 Å². The lowest BCUT2D eigenvalue weighted by Crippen LogP contribution is -2.61. The molecule has 6 heteroatoms. The summed E-state index contributed by atoms with van der Waals surface area (Å²) in [5.41, 5.74) is 1.94. The fourth-order valence-corrected chi connectivity index (χ4v) is 7.17. The molecule has 1 N–H and O–H groups in total. The van der Waals surface area contributed by atoms with Gasteiger partial charge in [0.1, 0.15) is 5.57 Å². The van der Waals surface area contributed by atoms with Crippen molar-refractivity contribution in [2.45, 2.75) is 70.0 Å². The maximum atomic E-state index is 14.0. The van der Waals surface area contributed by atoms with E-state index in [4.69, 9.17) is 0 Å². The van der Waals surface area contributed by atoms with Crippen LogP contribution in [0, 0.1) is 11.8 Å². The first-order valence-corrected chi connectivity index (χ1v) is 13.2. The van der Waals surface area contributed by atoms with E-state index in [9.17, 15) is 18.0 Å². The number of carbonyl (C=O) groups is 1. The second-order valence-electron chi connectivity index (χ2n) is 11.2. The minimum absolute atomic E-state index is 0.0740. The molecule has 2 aromatic carbocycles. The maximum Gasteiger partial charge on any atom is 0.421 e. The van der Waals surface area contributed by atoms with Crippen LogP contribution in [0.3, 0.4) is 0 Å². The molecule has 0 radical (unpaired) electrons. The van der Waals surface area contributed by atoms with E-state index in [0.717, 1.165) is 56.8 Å². The van der Waals surface area contributed by atoms with Crippen molar-refractivity contribution in [2.75, 3.05) is 18.4 Å². The summed E-state index contributed by atoms with van der Waals surface area (Å²) < 4.78 is 41.9. The summed E-state index contributed by atoms with van der Waals surface area (Å²) in [7, 11) is 0. The van der Waals surface area contributed by atoms with Gasteiger partial charge in [-0.3, -0.25) is 9.69 Å². The van der Waals surface area contributed by atoms with E-state index >= 15 is 0 Å². The van der Waals surface area contributed by atoms with Crippen LogP contribution in [-0.4, -0.2) is 36.1 Å². The number of piperidine rings is 1. The first kappa shape index (κ1) is 25.1. The van der Waals surface area contributed by atoms with Gasteiger partial charge in [0.05, 0.1) is 0 Å². The van der Waals surface area contributed by atoms with Crippen molar-refractivity contribution < 1.29 is 18.0 Å². The SMILES string of the molecule is CC(C)CN1CC[C@]23CCCC[C@H]2[C@H]1Cc1cccc(NC(=O)C(=Cc2ccccc2)C(F)(F)F)c13. The molecule has 1 saturated carbocycles. The number of rotatable bonds is 5. The zero-order chi connectivity index (χ0) is 25.5. The summed E-state index contributed by atoms with van der Waals surface area (Å²) in [6.07, 6.45) is 2.56. The molecule has 3 nitrogen and oxygen atoms in total. The molecule has 3 atom stereocenters. The maximum absolute atomic E-state index is 14.0. The van der Waals surface area contributed by atoms with Crippen LogP contribution in [0.1, 0.15) is 62.6 Å². The van der Waals surface area contributed by atoms with Crippen molar-refractivity contribution >= 4 is 17.7 Å². The van der Waals surface area contributed by atoms with Crippen LogP contribution in [0.15, 0.2) is 54.1 Å². The van der Waals surface area contributed by atoms with Gasteiger partial charge in [0.25, 0.3) is 5.91 Å². The van der Waals surface area contributed by atoms with Crippen LogP contribution in [-0.2, 0) is 16.6 Å². The summed E-state index contributed by atoms with van der Waals surface area (Å²) in [6.45, 7) is 6.59. The first-order chi connectivity index (χ1) is 17.2. The number of anilines is 1. The monoisotopic (exact) mass is 496 g/mol. The molecule has 36 heavy (non-hydrogen) atoms. The smallest absolute Gasteiger partial charge is 0.322 e. The molecule has 1 saturated heterocycles. The number of amides is 1. The summed E-state index contributed by atoms with van der Waals surface area (Å²) in [5.74, 6) is -0.0283. The van der Waals surface area contributed by atoms with Crippen LogP contribution in [0.2, 0.25) is 0 Å². The molecule has 1 heterocycles. The molecule has 2 bridgehead atoms. The first-order valence-electron chi connectivity index (χ1n) is 13.2. The number of hydrogen-bond acceptors (Lipinski definition) is 2. The minimum Gasteiger partial charge on any atom is -0.322 e. The fourth-order valence-electron chi connectivity index (χ4n) is 7.17. The number of nitrogens with one attached hydrogen (secondary N) is 1. The normalized spacial score (nSPS) is 26.3. The molecule has 192 valence electrons. The Balaban J connectivity index is 1.52. The number of carbonyl (C=O) groups excluding carboxylic acids is 1. The van der Waals surface area contributed by atoms with Gasteiger partial charge >= 0.3 is 6.18 Å². The van der Waals surface area contributed by atoms with Crippen LogP contribution >= 0.6 is 0 Å². The molecular formula is C30H35F3N2O. The lowest BCUT2D eigenvalue weighted by molar-refractivity contribution is -0.126. The number of nitrogens with zero attached hydrogens (tertiary/aromatic N) is 1. The third-order valence-electron chi connectivity index (χ3n) is 8.46. The molecule has 0 spiro atoms. The summed E-state index contributed by atoms with van der Waals surface area (Å²) in [6, 6.07) is 14.5. The molecule has 2 aromatic rings. The Bertz CT molecular complexity index is 1140. The Morgan fingerprint density at radius 1 is 1.11 bits per heavy atom. The number of halogens is 3. The topological polar surface area (TPSA) is 32.3 Å². The predicted molar refractivity (Wildman–Crippen MR) is 138 cm³/mol. The Hall–Kier alpha value is -2.60. The highest BCUT2D eigenvalue weighted by Gasteiger charge is 2.54. The molecule has 1 amide bonds. The zero-order valence-electron chi connectivity index (χ0n) is 21.1. The Labute approximate surface area is 211 Å². The Kier molecular flexibility index (Phi) is 6.75. The molecular weight excluding hydrogens is 461 g/mol. The second-order valence-corrected chi connectivity index (χ2v) is 11.2. The van der Waals surface area contributed by atoms with Gasteiger partial charge < -0.3 is 5.32 Å². The fraction of sp³-hybridized carbons (Fsp3) is 0.500. The quantitative estimate of drug-likeness (QED) is 0.453. The molecule has 5 rings (SSSR count).